The lowest BCUT2D eigenvalue weighted by molar-refractivity contribution is -1.02. The number of fused-ring (bicyclic) bond motifs is 1. The van der Waals surface area contributed by atoms with Crippen molar-refractivity contribution in [3.05, 3.63) is 59.7 Å². The van der Waals surface area contributed by atoms with Gasteiger partial charge in [-0.15, -0.1) is 0 Å². The van der Waals surface area contributed by atoms with E-state index in [2.05, 4.69) is 30.3 Å². The third-order valence-electron chi connectivity index (χ3n) is 5.50. The highest BCUT2D eigenvalue weighted by molar-refractivity contribution is 5.44. The fraction of sp³-hybridized carbons (Fsp3) is 0.455. The van der Waals surface area contributed by atoms with Gasteiger partial charge in [0.05, 0.1) is 13.2 Å². The maximum absolute atomic E-state index is 10.3. The molecule has 2 aromatic carbocycles. The van der Waals surface area contributed by atoms with E-state index >= 15 is 0 Å². The molecule has 0 aliphatic carbocycles. The predicted molar refractivity (Wildman–Crippen MR) is 105 cm³/mol. The largest absolute Gasteiger partial charge is 0.454 e. The average molecular weight is 386 g/mol. The summed E-state index contributed by atoms with van der Waals surface area (Å²) < 4.78 is 16.4. The van der Waals surface area contributed by atoms with Crippen molar-refractivity contribution in [3.63, 3.8) is 0 Å². The summed E-state index contributed by atoms with van der Waals surface area (Å²) in [5, 5.41) is 10.3. The van der Waals surface area contributed by atoms with Crippen molar-refractivity contribution < 1.29 is 29.1 Å². The summed E-state index contributed by atoms with van der Waals surface area (Å²) in [6.07, 6.45) is -0.431. The summed E-state index contributed by atoms with van der Waals surface area (Å²) >= 11 is 0. The van der Waals surface area contributed by atoms with Gasteiger partial charge in [-0.1, -0.05) is 36.4 Å². The van der Waals surface area contributed by atoms with Crippen molar-refractivity contribution in [2.75, 3.05) is 46.1 Å². The Balaban J connectivity index is 1.13. The zero-order valence-electron chi connectivity index (χ0n) is 16.2. The van der Waals surface area contributed by atoms with Crippen LogP contribution >= 0.6 is 0 Å². The summed E-state index contributed by atoms with van der Waals surface area (Å²) in [6, 6.07) is 16.5. The Bertz CT molecular complexity index is 747. The minimum absolute atomic E-state index is 0.279. The van der Waals surface area contributed by atoms with Gasteiger partial charge < -0.3 is 29.1 Å². The third-order valence-corrected chi connectivity index (χ3v) is 5.50. The van der Waals surface area contributed by atoms with Crippen LogP contribution in [0.4, 0.5) is 0 Å². The Morgan fingerprint density at radius 2 is 1.64 bits per heavy atom. The fourth-order valence-corrected chi connectivity index (χ4v) is 3.96. The topological polar surface area (TPSA) is 56.8 Å². The highest BCUT2D eigenvalue weighted by Gasteiger charge is 2.25. The highest BCUT2D eigenvalue weighted by Crippen LogP contribution is 2.32. The van der Waals surface area contributed by atoms with Crippen LogP contribution in [-0.4, -0.2) is 57.3 Å². The summed E-state index contributed by atoms with van der Waals surface area (Å²) in [5.41, 5.74) is 2.43. The first-order valence-electron chi connectivity index (χ1n) is 10.1. The molecule has 150 valence electrons. The summed E-state index contributed by atoms with van der Waals surface area (Å²) in [5.74, 6) is 1.54. The minimum Gasteiger partial charge on any atom is -0.454 e. The normalized spacial score (nSPS) is 22.2. The SMILES string of the molecule is O[C@H](COCc1ccc2c(c1)OCO2)C[NH+]1CC[NH+](Cc2ccccc2)CC1. The van der Waals surface area contributed by atoms with Gasteiger partial charge in [0.2, 0.25) is 6.79 Å². The maximum Gasteiger partial charge on any atom is 0.231 e. The van der Waals surface area contributed by atoms with Gasteiger partial charge in [0.25, 0.3) is 0 Å². The fourth-order valence-electron chi connectivity index (χ4n) is 3.96. The van der Waals surface area contributed by atoms with Gasteiger partial charge in [-0.2, -0.15) is 0 Å². The molecular weight excluding hydrogens is 356 g/mol. The first-order chi connectivity index (χ1) is 13.8. The van der Waals surface area contributed by atoms with E-state index < -0.39 is 6.10 Å². The Kier molecular flexibility index (Phi) is 6.44. The summed E-state index contributed by atoms with van der Waals surface area (Å²) in [6.45, 7) is 7.44. The number of quaternary nitrogens is 2. The van der Waals surface area contributed by atoms with Gasteiger partial charge in [0, 0.05) is 5.56 Å². The molecule has 0 amide bonds. The van der Waals surface area contributed by atoms with Crippen molar-refractivity contribution >= 4 is 0 Å². The number of benzene rings is 2. The molecule has 1 atom stereocenters. The number of aliphatic hydroxyl groups is 1. The molecule has 6 heteroatoms. The minimum atomic E-state index is -0.431. The molecule has 1 fully saturated rings. The molecule has 0 aromatic heterocycles. The van der Waals surface area contributed by atoms with Crippen LogP contribution in [0.15, 0.2) is 48.5 Å². The number of ether oxygens (including phenoxy) is 3. The van der Waals surface area contributed by atoms with Gasteiger partial charge in [-0.25, -0.2) is 0 Å². The average Bonchev–Trinajstić information content (AvgIpc) is 3.18. The van der Waals surface area contributed by atoms with E-state index in [9.17, 15) is 5.11 Å². The number of aliphatic hydroxyl groups excluding tert-OH is 1. The molecule has 4 rings (SSSR count). The van der Waals surface area contributed by atoms with Crippen molar-refractivity contribution in [1.29, 1.82) is 0 Å². The van der Waals surface area contributed by atoms with Crippen LogP contribution in [0.1, 0.15) is 11.1 Å². The van der Waals surface area contributed by atoms with Crippen molar-refractivity contribution in [1.82, 2.24) is 0 Å². The smallest absolute Gasteiger partial charge is 0.231 e. The molecule has 0 unspecified atom stereocenters. The molecular formula is C22H30N2O4+2. The Morgan fingerprint density at radius 3 is 2.46 bits per heavy atom. The zero-order chi connectivity index (χ0) is 19.2. The van der Waals surface area contributed by atoms with Gasteiger partial charge in [-0.05, 0) is 17.7 Å². The monoisotopic (exact) mass is 386 g/mol. The molecule has 0 spiro atoms. The number of hydrogen-bond acceptors (Lipinski definition) is 4. The van der Waals surface area contributed by atoms with Crippen LogP contribution in [0.3, 0.4) is 0 Å². The van der Waals surface area contributed by atoms with E-state index in [-0.39, 0.29) is 6.79 Å². The maximum atomic E-state index is 10.3. The third kappa shape index (κ3) is 5.23. The molecule has 6 nitrogen and oxygen atoms in total. The number of nitrogens with one attached hydrogen (secondary N) is 2. The van der Waals surface area contributed by atoms with Gasteiger partial charge >= 0.3 is 0 Å². The van der Waals surface area contributed by atoms with Crippen LogP contribution in [-0.2, 0) is 17.9 Å². The highest BCUT2D eigenvalue weighted by atomic mass is 16.7. The molecule has 2 aliphatic rings. The number of piperazine rings is 1. The second-order valence-electron chi connectivity index (χ2n) is 7.72. The van der Waals surface area contributed by atoms with E-state index in [1.165, 1.54) is 10.5 Å². The summed E-state index contributed by atoms with van der Waals surface area (Å²) in [7, 11) is 0. The van der Waals surface area contributed by atoms with Crippen LogP contribution in [0.25, 0.3) is 0 Å². The predicted octanol–water partition coefficient (Wildman–Crippen LogP) is -0.724. The van der Waals surface area contributed by atoms with Crippen LogP contribution < -0.4 is 19.3 Å². The zero-order valence-corrected chi connectivity index (χ0v) is 16.2. The molecule has 0 bridgehead atoms. The molecule has 2 aromatic rings. The second-order valence-corrected chi connectivity index (χ2v) is 7.72. The summed E-state index contributed by atoms with van der Waals surface area (Å²) in [4.78, 5) is 3.10. The van der Waals surface area contributed by atoms with Crippen LogP contribution in [0.5, 0.6) is 11.5 Å². The molecule has 0 saturated carbocycles. The van der Waals surface area contributed by atoms with Crippen molar-refractivity contribution in [3.8, 4) is 11.5 Å². The van der Waals surface area contributed by atoms with Crippen LogP contribution in [0, 0.1) is 0 Å². The first kappa shape index (κ1) is 19.2. The quantitative estimate of drug-likeness (QED) is 0.560. The van der Waals surface area contributed by atoms with E-state index in [0.29, 0.717) is 13.2 Å². The van der Waals surface area contributed by atoms with Gasteiger partial charge in [-0.3, -0.25) is 0 Å². The lowest BCUT2D eigenvalue weighted by Gasteiger charge is -2.30. The second kappa shape index (κ2) is 9.39. The Morgan fingerprint density at radius 1 is 0.893 bits per heavy atom. The van der Waals surface area contributed by atoms with E-state index in [1.807, 2.05) is 18.2 Å². The molecule has 0 radical (unpaired) electrons. The molecule has 2 aliphatic heterocycles. The van der Waals surface area contributed by atoms with E-state index in [4.69, 9.17) is 14.2 Å². The Labute approximate surface area is 166 Å². The molecule has 3 N–H and O–H groups in total. The standard InChI is InChI=1S/C22H28N2O4/c25-20(16-26-15-19-6-7-21-22(12-19)28-17-27-21)14-24-10-8-23(9-11-24)13-18-4-2-1-3-5-18/h1-7,12,20,25H,8-11,13-17H2/p+2/t20-/m0/s1. The molecule has 28 heavy (non-hydrogen) atoms. The molecule has 2 heterocycles. The number of hydrogen-bond donors (Lipinski definition) is 3. The van der Waals surface area contributed by atoms with Crippen molar-refractivity contribution in [2.45, 2.75) is 19.3 Å². The lowest BCUT2D eigenvalue weighted by Crippen LogP contribution is -3.28. The lowest BCUT2D eigenvalue weighted by atomic mass is 10.2. The van der Waals surface area contributed by atoms with E-state index in [1.54, 1.807) is 4.90 Å². The van der Waals surface area contributed by atoms with Crippen LogP contribution in [0.2, 0.25) is 0 Å². The van der Waals surface area contributed by atoms with Gasteiger partial charge in [0.15, 0.2) is 11.5 Å². The Hall–Kier alpha value is -2.12. The number of rotatable bonds is 8. The van der Waals surface area contributed by atoms with Gasteiger partial charge in [0.1, 0.15) is 45.4 Å². The van der Waals surface area contributed by atoms with Crippen molar-refractivity contribution in [2.24, 2.45) is 0 Å². The first-order valence-corrected chi connectivity index (χ1v) is 10.1. The van der Waals surface area contributed by atoms with E-state index in [0.717, 1.165) is 56.3 Å². The molecule has 1 saturated heterocycles.